The lowest BCUT2D eigenvalue weighted by Crippen LogP contribution is -2.47. The number of likely N-dealkylation sites (tertiary alicyclic amines) is 1. The summed E-state index contributed by atoms with van der Waals surface area (Å²) in [6.45, 7) is 1.06. The molecule has 1 aliphatic rings. The number of hydrogen-bond acceptors (Lipinski definition) is 3. The first-order valence-electron chi connectivity index (χ1n) is 9.46. The number of urea groups is 1. The third kappa shape index (κ3) is 3.95. The summed E-state index contributed by atoms with van der Waals surface area (Å²) in [5, 5.41) is 14.1. The highest BCUT2D eigenvalue weighted by atomic mass is 16.2. The maximum atomic E-state index is 12.8. The molecule has 1 saturated heterocycles. The number of nitrogens with one attached hydrogen (secondary N) is 3. The lowest BCUT2D eigenvalue weighted by molar-refractivity contribution is 0.147. The van der Waals surface area contributed by atoms with Crippen molar-refractivity contribution in [3.63, 3.8) is 0 Å². The van der Waals surface area contributed by atoms with E-state index >= 15 is 0 Å². The molecule has 1 aromatic heterocycles. The smallest absolute Gasteiger partial charge is 0.319 e. The zero-order valence-electron chi connectivity index (χ0n) is 15.5. The fraction of sp³-hybridized carbons (Fsp3) is 0.333. The number of amides is 2. The zero-order chi connectivity index (χ0) is 18.6. The van der Waals surface area contributed by atoms with Crippen molar-refractivity contribution in [1.29, 1.82) is 0 Å². The number of likely N-dealkylation sites (N-methyl/N-ethyl adjacent to an activating group) is 1. The molecule has 0 saturated carbocycles. The Hall–Kier alpha value is -2.86. The molecule has 0 bridgehead atoms. The molecule has 1 aliphatic heterocycles. The molecule has 2 atom stereocenters. The number of piperidine rings is 1. The van der Waals surface area contributed by atoms with Crippen LogP contribution in [0.3, 0.4) is 0 Å². The van der Waals surface area contributed by atoms with Crippen LogP contribution in [-0.2, 0) is 0 Å². The van der Waals surface area contributed by atoms with Gasteiger partial charge in [-0.05, 0) is 50.2 Å². The fourth-order valence-electron chi connectivity index (χ4n) is 3.91. The van der Waals surface area contributed by atoms with Gasteiger partial charge in [0.25, 0.3) is 0 Å². The normalized spacial score (nSPS) is 18.9. The van der Waals surface area contributed by atoms with Crippen LogP contribution in [0.25, 0.3) is 10.9 Å². The van der Waals surface area contributed by atoms with Crippen LogP contribution >= 0.6 is 0 Å². The van der Waals surface area contributed by atoms with Crippen LogP contribution in [0.2, 0.25) is 0 Å². The third-order valence-electron chi connectivity index (χ3n) is 5.35. The predicted molar refractivity (Wildman–Crippen MR) is 108 cm³/mol. The number of H-pyrrole nitrogens is 1. The summed E-state index contributed by atoms with van der Waals surface area (Å²) in [4.78, 5) is 15.1. The van der Waals surface area contributed by atoms with Gasteiger partial charge in [-0.2, -0.15) is 5.10 Å². The van der Waals surface area contributed by atoms with E-state index in [1.807, 2.05) is 36.4 Å². The molecule has 0 radical (unpaired) electrons. The number of anilines is 1. The Morgan fingerprint density at radius 2 is 2.07 bits per heavy atom. The molecule has 2 aromatic carbocycles. The number of nitrogens with zero attached hydrogens (tertiary/aromatic N) is 2. The highest BCUT2D eigenvalue weighted by Crippen LogP contribution is 2.28. The molecule has 3 N–H and O–H groups in total. The first-order valence-corrected chi connectivity index (χ1v) is 9.46. The number of rotatable bonds is 4. The number of aromatic amines is 1. The maximum absolute atomic E-state index is 12.8. The van der Waals surface area contributed by atoms with E-state index in [0.29, 0.717) is 6.04 Å². The molecule has 0 spiro atoms. The number of carbonyl (C=O) groups is 1. The van der Waals surface area contributed by atoms with Crippen molar-refractivity contribution in [2.24, 2.45) is 0 Å². The monoisotopic (exact) mass is 363 g/mol. The number of fused-ring (bicyclic) bond motifs is 1. The van der Waals surface area contributed by atoms with Gasteiger partial charge < -0.3 is 15.5 Å². The minimum atomic E-state index is -0.189. The first kappa shape index (κ1) is 17.5. The molecule has 6 heteroatoms. The Labute approximate surface area is 159 Å². The summed E-state index contributed by atoms with van der Waals surface area (Å²) >= 11 is 0. The first-order chi connectivity index (χ1) is 13.2. The summed E-state index contributed by atoms with van der Waals surface area (Å²) in [5.74, 6) is 0. The topological polar surface area (TPSA) is 73.1 Å². The Morgan fingerprint density at radius 1 is 1.22 bits per heavy atom. The lowest BCUT2D eigenvalue weighted by atomic mass is 9.91. The summed E-state index contributed by atoms with van der Waals surface area (Å²) < 4.78 is 0. The van der Waals surface area contributed by atoms with Crippen molar-refractivity contribution < 1.29 is 4.79 Å². The van der Waals surface area contributed by atoms with Crippen LogP contribution in [0.5, 0.6) is 0 Å². The standard InChI is InChI=1S/C21H25N5O/c1-26-12-6-5-9-19(26)20(15-7-3-2-4-8-15)24-21(27)23-17-10-11-18-16(13-17)14-22-25-18/h2-4,7-8,10-11,13-14,19-20H,5-6,9,12H2,1H3,(H,22,25)(H2,23,24,27)/t19-,20-/m0/s1. The predicted octanol–water partition coefficient (Wildman–Crippen LogP) is 3.91. The number of aromatic nitrogens is 2. The second-order valence-corrected chi connectivity index (χ2v) is 7.20. The largest absolute Gasteiger partial charge is 0.329 e. The summed E-state index contributed by atoms with van der Waals surface area (Å²) in [5.41, 5.74) is 2.84. The van der Waals surface area contributed by atoms with Gasteiger partial charge in [-0.25, -0.2) is 4.79 Å². The van der Waals surface area contributed by atoms with E-state index in [1.165, 1.54) is 12.8 Å². The minimum absolute atomic E-state index is 0.0471. The number of hydrogen-bond donors (Lipinski definition) is 3. The third-order valence-corrected chi connectivity index (χ3v) is 5.35. The molecule has 1 fully saturated rings. The fourth-order valence-corrected chi connectivity index (χ4v) is 3.91. The van der Waals surface area contributed by atoms with E-state index < -0.39 is 0 Å². The van der Waals surface area contributed by atoms with Crippen molar-refractivity contribution in [3.05, 3.63) is 60.3 Å². The number of carbonyl (C=O) groups excluding carboxylic acids is 1. The minimum Gasteiger partial charge on any atom is -0.329 e. The van der Waals surface area contributed by atoms with Crippen molar-refractivity contribution in [2.75, 3.05) is 18.9 Å². The second kappa shape index (κ2) is 7.80. The number of benzene rings is 2. The molecule has 3 aromatic rings. The molecule has 2 heterocycles. The van der Waals surface area contributed by atoms with E-state index in [4.69, 9.17) is 0 Å². The van der Waals surface area contributed by atoms with E-state index in [2.05, 4.69) is 44.9 Å². The summed E-state index contributed by atoms with van der Waals surface area (Å²) in [6, 6.07) is 16.0. The molecule has 2 amide bonds. The molecule has 140 valence electrons. The van der Waals surface area contributed by atoms with Gasteiger partial charge in [-0.1, -0.05) is 36.8 Å². The van der Waals surface area contributed by atoms with Crippen LogP contribution in [0, 0.1) is 0 Å². The van der Waals surface area contributed by atoms with E-state index in [9.17, 15) is 4.79 Å². The Morgan fingerprint density at radius 3 is 2.89 bits per heavy atom. The molecule has 6 nitrogen and oxygen atoms in total. The lowest BCUT2D eigenvalue weighted by Gasteiger charge is -2.38. The van der Waals surface area contributed by atoms with Gasteiger partial charge in [0.05, 0.1) is 17.8 Å². The van der Waals surface area contributed by atoms with Crippen LogP contribution in [0.4, 0.5) is 10.5 Å². The molecular weight excluding hydrogens is 338 g/mol. The SMILES string of the molecule is CN1CCCC[C@H]1[C@@H](NC(=O)Nc1ccc2[nH]ncc2c1)c1ccccc1. The van der Waals surface area contributed by atoms with Crippen molar-refractivity contribution in [1.82, 2.24) is 20.4 Å². The van der Waals surface area contributed by atoms with E-state index in [-0.39, 0.29) is 12.1 Å². The second-order valence-electron chi connectivity index (χ2n) is 7.20. The highest BCUT2D eigenvalue weighted by Gasteiger charge is 2.30. The van der Waals surface area contributed by atoms with Gasteiger partial charge in [-0.15, -0.1) is 0 Å². The average Bonchev–Trinajstić information content (AvgIpc) is 3.15. The van der Waals surface area contributed by atoms with Crippen molar-refractivity contribution >= 4 is 22.6 Å². The Kier molecular flexibility index (Phi) is 5.07. The maximum Gasteiger partial charge on any atom is 0.319 e. The Balaban J connectivity index is 1.52. The van der Waals surface area contributed by atoms with Gasteiger partial charge in [0, 0.05) is 17.1 Å². The zero-order valence-corrected chi connectivity index (χ0v) is 15.5. The Bertz CT molecular complexity index is 907. The molecule has 0 aliphatic carbocycles. The molecular formula is C21H25N5O. The van der Waals surface area contributed by atoms with E-state index in [0.717, 1.165) is 35.1 Å². The molecule has 0 unspecified atom stereocenters. The van der Waals surface area contributed by atoms with Crippen LogP contribution in [0.1, 0.15) is 30.9 Å². The van der Waals surface area contributed by atoms with Gasteiger partial charge in [0.1, 0.15) is 0 Å². The quantitative estimate of drug-likeness (QED) is 0.658. The molecule has 27 heavy (non-hydrogen) atoms. The summed E-state index contributed by atoms with van der Waals surface area (Å²) in [7, 11) is 2.15. The van der Waals surface area contributed by atoms with Gasteiger partial charge in [0.2, 0.25) is 0 Å². The highest BCUT2D eigenvalue weighted by molar-refractivity contribution is 5.92. The van der Waals surface area contributed by atoms with Crippen molar-refractivity contribution in [2.45, 2.75) is 31.3 Å². The molecule has 4 rings (SSSR count). The van der Waals surface area contributed by atoms with Gasteiger partial charge in [-0.3, -0.25) is 5.10 Å². The van der Waals surface area contributed by atoms with E-state index in [1.54, 1.807) is 6.20 Å². The summed E-state index contributed by atoms with van der Waals surface area (Å²) in [6.07, 6.45) is 5.24. The van der Waals surface area contributed by atoms with Gasteiger partial charge in [0.15, 0.2) is 0 Å². The van der Waals surface area contributed by atoms with Gasteiger partial charge >= 0.3 is 6.03 Å². The average molecular weight is 363 g/mol. The van der Waals surface area contributed by atoms with Crippen LogP contribution < -0.4 is 10.6 Å². The van der Waals surface area contributed by atoms with Crippen molar-refractivity contribution in [3.8, 4) is 0 Å². The van der Waals surface area contributed by atoms with Crippen LogP contribution in [0.15, 0.2) is 54.7 Å². The van der Waals surface area contributed by atoms with Crippen LogP contribution in [-0.4, -0.2) is 40.8 Å².